The van der Waals surface area contributed by atoms with Gasteiger partial charge in [-0.1, -0.05) is 38.1 Å². The Morgan fingerprint density at radius 2 is 1.84 bits per heavy atom. The molecule has 1 unspecified atom stereocenters. The van der Waals surface area contributed by atoms with E-state index in [4.69, 9.17) is 0 Å². The molecule has 0 aromatic heterocycles. The number of benzene rings is 1. The maximum Gasteiger partial charge on any atom is 0.00768 e. The Labute approximate surface area is 118 Å². The Hall–Kier alpha value is -0.860. The fourth-order valence-corrected chi connectivity index (χ4v) is 2.82. The molecule has 1 atom stereocenters. The Balaban J connectivity index is 1.61. The summed E-state index contributed by atoms with van der Waals surface area (Å²) >= 11 is 0. The molecule has 106 valence electrons. The van der Waals surface area contributed by atoms with Crippen molar-refractivity contribution in [1.29, 1.82) is 0 Å². The van der Waals surface area contributed by atoms with Crippen LogP contribution in [-0.4, -0.2) is 26.2 Å². The first-order chi connectivity index (χ1) is 9.25. The van der Waals surface area contributed by atoms with Crippen LogP contribution in [-0.2, 0) is 12.8 Å². The Bertz CT molecular complexity index is 373. The summed E-state index contributed by atoms with van der Waals surface area (Å²) < 4.78 is 0. The molecule has 1 aliphatic carbocycles. The van der Waals surface area contributed by atoms with Crippen LogP contribution in [0.4, 0.5) is 0 Å². The van der Waals surface area contributed by atoms with Gasteiger partial charge in [-0.25, -0.2) is 0 Å². The van der Waals surface area contributed by atoms with E-state index in [0.717, 1.165) is 38.0 Å². The summed E-state index contributed by atoms with van der Waals surface area (Å²) in [4.78, 5) is 0. The molecule has 2 rings (SSSR count). The fourth-order valence-electron chi connectivity index (χ4n) is 2.82. The summed E-state index contributed by atoms with van der Waals surface area (Å²) in [6.45, 7) is 8.96. The highest BCUT2D eigenvalue weighted by Crippen LogP contribution is 2.24. The summed E-state index contributed by atoms with van der Waals surface area (Å²) in [6.07, 6.45) is 3.85. The van der Waals surface area contributed by atoms with Crippen molar-refractivity contribution in [2.75, 3.05) is 26.2 Å². The zero-order valence-corrected chi connectivity index (χ0v) is 12.4. The molecule has 1 aromatic rings. The summed E-state index contributed by atoms with van der Waals surface area (Å²) in [6, 6.07) is 8.92. The third-order valence-electron chi connectivity index (χ3n) is 3.91. The predicted octanol–water partition coefficient (Wildman–Crippen LogP) is 2.63. The number of hydrogen-bond acceptors (Lipinski definition) is 2. The molecule has 19 heavy (non-hydrogen) atoms. The van der Waals surface area contributed by atoms with E-state index in [1.807, 2.05) is 0 Å². The van der Waals surface area contributed by atoms with Gasteiger partial charge in [-0.15, -0.1) is 0 Å². The monoisotopic (exact) mass is 260 g/mol. The van der Waals surface area contributed by atoms with Gasteiger partial charge in [-0.05, 0) is 55.3 Å². The summed E-state index contributed by atoms with van der Waals surface area (Å²) in [5.41, 5.74) is 3.14. The van der Waals surface area contributed by atoms with E-state index in [9.17, 15) is 0 Å². The molecule has 0 aliphatic heterocycles. The van der Waals surface area contributed by atoms with Crippen LogP contribution in [0, 0.1) is 11.8 Å². The van der Waals surface area contributed by atoms with Crippen LogP contribution in [0.3, 0.4) is 0 Å². The van der Waals surface area contributed by atoms with E-state index in [-0.39, 0.29) is 0 Å². The molecular formula is C17H28N2. The minimum Gasteiger partial charge on any atom is -0.315 e. The van der Waals surface area contributed by atoms with Crippen molar-refractivity contribution >= 4 is 0 Å². The first-order valence-electron chi connectivity index (χ1n) is 7.74. The van der Waals surface area contributed by atoms with Gasteiger partial charge in [0.1, 0.15) is 0 Å². The van der Waals surface area contributed by atoms with E-state index in [1.54, 1.807) is 11.1 Å². The minimum absolute atomic E-state index is 0.745. The van der Waals surface area contributed by atoms with Gasteiger partial charge in [0.15, 0.2) is 0 Å². The average molecular weight is 260 g/mol. The second-order valence-electron chi connectivity index (χ2n) is 6.18. The number of nitrogens with one attached hydrogen (secondary N) is 2. The largest absolute Gasteiger partial charge is 0.315 e. The summed E-state index contributed by atoms with van der Waals surface area (Å²) in [5.74, 6) is 1.56. The van der Waals surface area contributed by atoms with Crippen LogP contribution in [0.5, 0.6) is 0 Å². The Kier molecular flexibility index (Phi) is 5.87. The van der Waals surface area contributed by atoms with E-state index in [1.165, 1.54) is 19.3 Å². The fraction of sp³-hybridized carbons (Fsp3) is 0.647. The van der Waals surface area contributed by atoms with Crippen LogP contribution in [0.2, 0.25) is 0 Å². The molecular weight excluding hydrogens is 232 g/mol. The van der Waals surface area contributed by atoms with Gasteiger partial charge < -0.3 is 10.6 Å². The highest BCUT2D eigenvalue weighted by Gasteiger charge is 2.17. The maximum atomic E-state index is 3.60. The number of hydrogen-bond donors (Lipinski definition) is 2. The van der Waals surface area contributed by atoms with Gasteiger partial charge in [-0.3, -0.25) is 0 Å². The summed E-state index contributed by atoms with van der Waals surface area (Å²) in [5, 5.41) is 7.07. The predicted molar refractivity (Wildman–Crippen MR) is 82.5 cm³/mol. The van der Waals surface area contributed by atoms with Crippen LogP contribution >= 0.6 is 0 Å². The lowest BCUT2D eigenvalue weighted by Crippen LogP contribution is -2.33. The molecule has 1 aromatic carbocycles. The van der Waals surface area contributed by atoms with Crippen molar-refractivity contribution in [3.8, 4) is 0 Å². The number of aryl methyl sites for hydroxylation is 1. The molecule has 0 bridgehead atoms. The number of rotatable bonds is 7. The third kappa shape index (κ3) is 4.96. The smallest absolute Gasteiger partial charge is 0.00768 e. The van der Waals surface area contributed by atoms with Gasteiger partial charge in [-0.2, -0.15) is 0 Å². The lowest BCUT2D eigenvalue weighted by molar-refractivity contribution is 0.421. The second-order valence-corrected chi connectivity index (χ2v) is 6.18. The zero-order valence-electron chi connectivity index (χ0n) is 12.4. The van der Waals surface area contributed by atoms with Crippen molar-refractivity contribution in [2.24, 2.45) is 11.8 Å². The molecule has 0 radical (unpaired) electrons. The van der Waals surface area contributed by atoms with Gasteiger partial charge in [0.2, 0.25) is 0 Å². The van der Waals surface area contributed by atoms with Gasteiger partial charge in [0.05, 0.1) is 0 Å². The standard InChI is InChI=1S/C17H28N2/c1-14(2)12-18-9-10-19-13-15-7-8-16-5-3-4-6-17(16)11-15/h3-6,14-15,18-19H,7-13H2,1-2H3. The van der Waals surface area contributed by atoms with E-state index >= 15 is 0 Å². The molecule has 0 heterocycles. The third-order valence-corrected chi connectivity index (χ3v) is 3.91. The van der Waals surface area contributed by atoms with Crippen molar-refractivity contribution in [3.05, 3.63) is 35.4 Å². The van der Waals surface area contributed by atoms with Crippen LogP contribution in [0.25, 0.3) is 0 Å². The Morgan fingerprint density at radius 3 is 2.63 bits per heavy atom. The van der Waals surface area contributed by atoms with Crippen molar-refractivity contribution in [2.45, 2.75) is 33.1 Å². The maximum absolute atomic E-state index is 3.60. The van der Waals surface area contributed by atoms with Crippen molar-refractivity contribution in [3.63, 3.8) is 0 Å². The first kappa shape index (κ1) is 14.5. The van der Waals surface area contributed by atoms with E-state index < -0.39 is 0 Å². The lowest BCUT2D eigenvalue weighted by Gasteiger charge is -2.24. The topological polar surface area (TPSA) is 24.1 Å². The molecule has 0 amide bonds. The molecule has 0 fully saturated rings. The zero-order chi connectivity index (χ0) is 13.5. The SMILES string of the molecule is CC(C)CNCCNCC1CCc2ccccc2C1. The molecule has 2 nitrogen and oxygen atoms in total. The van der Waals surface area contributed by atoms with Crippen LogP contribution in [0.1, 0.15) is 31.4 Å². The van der Waals surface area contributed by atoms with Crippen LogP contribution in [0.15, 0.2) is 24.3 Å². The summed E-state index contributed by atoms with van der Waals surface area (Å²) in [7, 11) is 0. The number of fused-ring (bicyclic) bond motifs is 1. The van der Waals surface area contributed by atoms with E-state index in [2.05, 4.69) is 48.7 Å². The highest BCUT2D eigenvalue weighted by atomic mass is 14.9. The molecule has 0 saturated carbocycles. The molecule has 2 N–H and O–H groups in total. The van der Waals surface area contributed by atoms with Gasteiger partial charge >= 0.3 is 0 Å². The second kappa shape index (κ2) is 7.66. The minimum atomic E-state index is 0.745. The average Bonchev–Trinajstić information content (AvgIpc) is 2.42. The van der Waals surface area contributed by atoms with Crippen LogP contribution < -0.4 is 10.6 Å². The van der Waals surface area contributed by atoms with Crippen molar-refractivity contribution in [1.82, 2.24) is 10.6 Å². The molecule has 2 heteroatoms. The highest BCUT2D eigenvalue weighted by molar-refractivity contribution is 5.29. The molecule has 0 spiro atoms. The van der Waals surface area contributed by atoms with Gasteiger partial charge in [0.25, 0.3) is 0 Å². The first-order valence-corrected chi connectivity index (χ1v) is 7.74. The molecule has 0 saturated heterocycles. The molecule has 1 aliphatic rings. The Morgan fingerprint density at radius 1 is 1.11 bits per heavy atom. The normalized spacial score (nSPS) is 18.6. The lowest BCUT2D eigenvalue weighted by atomic mass is 9.84. The van der Waals surface area contributed by atoms with Crippen molar-refractivity contribution < 1.29 is 0 Å². The quantitative estimate of drug-likeness (QED) is 0.737. The van der Waals surface area contributed by atoms with Gasteiger partial charge in [0, 0.05) is 13.1 Å². The van der Waals surface area contributed by atoms with E-state index in [0.29, 0.717) is 0 Å².